The van der Waals surface area contributed by atoms with Gasteiger partial charge >= 0.3 is 5.97 Å². The van der Waals surface area contributed by atoms with E-state index in [-0.39, 0.29) is 10.1 Å². The van der Waals surface area contributed by atoms with Crippen molar-refractivity contribution in [2.45, 2.75) is 19.1 Å². The number of hydrogen-bond donors (Lipinski definition) is 1. The van der Waals surface area contributed by atoms with E-state index in [1.165, 1.54) is 0 Å². The molecule has 0 unspecified atom stereocenters. The largest absolute Gasteiger partial charge is 0.477 e. The Labute approximate surface area is 223 Å². The van der Waals surface area contributed by atoms with Crippen LogP contribution in [0.2, 0.25) is 5.02 Å². The van der Waals surface area contributed by atoms with Gasteiger partial charge in [0.1, 0.15) is 4.91 Å². The summed E-state index contributed by atoms with van der Waals surface area (Å²) in [6.45, 7) is 3.97. The second kappa shape index (κ2) is 10.5. The zero-order valence-corrected chi connectivity index (χ0v) is 21.6. The summed E-state index contributed by atoms with van der Waals surface area (Å²) in [5.41, 5.74) is 6.71. The molecule has 0 saturated heterocycles. The van der Waals surface area contributed by atoms with Gasteiger partial charge in [-0.25, -0.2) is 4.79 Å². The monoisotopic (exact) mass is 527 g/mol. The third kappa shape index (κ3) is 5.38. The highest BCUT2D eigenvalue weighted by Gasteiger charge is 2.18. The molecule has 3 aromatic carbocycles. The third-order valence-electron chi connectivity index (χ3n) is 5.90. The zero-order chi connectivity index (χ0) is 25.9. The molecule has 0 spiro atoms. The van der Waals surface area contributed by atoms with Crippen LogP contribution in [-0.4, -0.2) is 25.8 Å². The lowest BCUT2D eigenvalue weighted by Gasteiger charge is -2.11. The number of carboxylic acids is 1. The zero-order valence-electron chi connectivity index (χ0n) is 20.1. The molecule has 0 fully saturated rings. The molecule has 0 aliphatic heterocycles. The summed E-state index contributed by atoms with van der Waals surface area (Å²) >= 11 is 6.85. The summed E-state index contributed by atoms with van der Waals surface area (Å²) in [6, 6.07) is 27.5. The SMILES string of the molecule is Cc1cc(/C=C(\Sc2nnc(-c3ccc(Cl)cc3)o2)C(=O)O)c(C)n1-c1ccc(-c2ccccc2)cc1. The van der Waals surface area contributed by atoms with Gasteiger partial charge in [-0.3, -0.25) is 0 Å². The summed E-state index contributed by atoms with van der Waals surface area (Å²) in [6.07, 6.45) is 1.64. The van der Waals surface area contributed by atoms with Crippen molar-refractivity contribution in [2.75, 3.05) is 0 Å². The van der Waals surface area contributed by atoms with Crippen LogP contribution in [0.25, 0.3) is 34.3 Å². The first-order chi connectivity index (χ1) is 17.9. The van der Waals surface area contributed by atoms with Crippen molar-refractivity contribution in [3.8, 4) is 28.3 Å². The summed E-state index contributed by atoms with van der Waals surface area (Å²) in [4.78, 5) is 12.1. The van der Waals surface area contributed by atoms with Gasteiger partial charge < -0.3 is 14.1 Å². The quantitative estimate of drug-likeness (QED) is 0.173. The number of carbonyl (C=O) groups is 1. The van der Waals surface area contributed by atoms with Gasteiger partial charge in [-0.1, -0.05) is 54.1 Å². The average Bonchev–Trinajstić information content (AvgIpc) is 3.48. The van der Waals surface area contributed by atoms with Crippen LogP contribution in [0, 0.1) is 13.8 Å². The Bertz CT molecular complexity index is 1590. The Balaban J connectivity index is 1.41. The second-order valence-electron chi connectivity index (χ2n) is 8.37. The third-order valence-corrected chi connectivity index (χ3v) is 7.00. The van der Waals surface area contributed by atoms with Crippen molar-refractivity contribution in [3.63, 3.8) is 0 Å². The van der Waals surface area contributed by atoms with Crippen molar-refractivity contribution in [3.05, 3.63) is 112 Å². The van der Waals surface area contributed by atoms with Crippen molar-refractivity contribution < 1.29 is 14.3 Å². The van der Waals surface area contributed by atoms with E-state index in [0.29, 0.717) is 16.5 Å². The molecule has 0 atom stereocenters. The van der Waals surface area contributed by atoms with E-state index in [0.717, 1.165) is 45.5 Å². The number of halogens is 1. The number of aryl methyl sites for hydroxylation is 1. The molecule has 0 aliphatic rings. The number of rotatable bonds is 7. The second-order valence-corrected chi connectivity index (χ2v) is 9.80. The van der Waals surface area contributed by atoms with Crippen LogP contribution in [0.1, 0.15) is 17.0 Å². The minimum absolute atomic E-state index is 0.0750. The van der Waals surface area contributed by atoms with Gasteiger partial charge in [-0.05, 0) is 90.8 Å². The Morgan fingerprint density at radius 3 is 2.24 bits per heavy atom. The predicted octanol–water partition coefficient (Wildman–Crippen LogP) is 7.68. The van der Waals surface area contributed by atoms with E-state index < -0.39 is 5.97 Å². The maximum absolute atomic E-state index is 12.1. The smallest absolute Gasteiger partial charge is 0.342 e. The van der Waals surface area contributed by atoms with E-state index >= 15 is 0 Å². The minimum atomic E-state index is -1.08. The van der Waals surface area contributed by atoms with Crippen LogP contribution < -0.4 is 0 Å². The molecule has 5 rings (SSSR count). The first-order valence-electron chi connectivity index (χ1n) is 11.5. The van der Waals surface area contributed by atoms with Gasteiger partial charge in [0.25, 0.3) is 5.22 Å². The standard InChI is InChI=1S/C29H22ClN3O3S/c1-18-16-23(19(2)33(18)25-14-10-21(11-15-25)20-6-4-3-5-7-20)17-26(28(34)35)37-29-32-31-27(36-29)22-8-12-24(30)13-9-22/h3-17H,1-2H3,(H,34,35)/b26-17-. The van der Waals surface area contributed by atoms with Crippen LogP contribution >= 0.6 is 23.4 Å². The van der Waals surface area contributed by atoms with Gasteiger partial charge in [0.2, 0.25) is 5.89 Å². The van der Waals surface area contributed by atoms with E-state index in [4.69, 9.17) is 16.0 Å². The fourth-order valence-corrected chi connectivity index (χ4v) is 4.88. The van der Waals surface area contributed by atoms with Crippen molar-refractivity contribution in [1.82, 2.24) is 14.8 Å². The molecule has 5 aromatic rings. The number of benzene rings is 3. The summed E-state index contributed by atoms with van der Waals surface area (Å²) < 4.78 is 7.80. The number of nitrogens with zero attached hydrogens (tertiary/aromatic N) is 3. The molecule has 0 aliphatic carbocycles. The number of aromatic nitrogens is 3. The van der Waals surface area contributed by atoms with Crippen molar-refractivity contribution in [2.24, 2.45) is 0 Å². The van der Waals surface area contributed by atoms with E-state index in [2.05, 4.69) is 51.2 Å². The lowest BCUT2D eigenvalue weighted by molar-refractivity contribution is -0.131. The number of carboxylic acid groups (broad SMARTS) is 1. The highest BCUT2D eigenvalue weighted by Crippen LogP contribution is 2.32. The maximum Gasteiger partial charge on any atom is 0.342 e. The molecule has 184 valence electrons. The van der Waals surface area contributed by atoms with Crippen LogP contribution in [0.15, 0.2) is 99.5 Å². The fourth-order valence-electron chi connectivity index (χ4n) is 4.09. The first kappa shape index (κ1) is 24.6. The number of thioether (sulfide) groups is 1. The fraction of sp³-hybridized carbons (Fsp3) is 0.0690. The molecule has 2 heterocycles. The Hall–Kier alpha value is -4.07. The summed E-state index contributed by atoms with van der Waals surface area (Å²) in [5, 5.41) is 18.7. The molecule has 37 heavy (non-hydrogen) atoms. The Morgan fingerprint density at radius 2 is 1.57 bits per heavy atom. The van der Waals surface area contributed by atoms with Gasteiger partial charge in [0, 0.05) is 27.7 Å². The molecule has 1 N–H and O–H groups in total. The highest BCUT2D eigenvalue weighted by atomic mass is 35.5. The van der Waals surface area contributed by atoms with Gasteiger partial charge in [0.05, 0.1) is 0 Å². The minimum Gasteiger partial charge on any atom is -0.477 e. The summed E-state index contributed by atoms with van der Waals surface area (Å²) in [7, 11) is 0. The maximum atomic E-state index is 12.1. The number of hydrogen-bond acceptors (Lipinski definition) is 5. The van der Waals surface area contributed by atoms with E-state index in [1.54, 1.807) is 30.3 Å². The van der Waals surface area contributed by atoms with E-state index in [1.807, 2.05) is 38.1 Å². The van der Waals surface area contributed by atoms with Gasteiger partial charge in [0.15, 0.2) is 0 Å². The van der Waals surface area contributed by atoms with Crippen LogP contribution in [0.5, 0.6) is 0 Å². The Kier molecular flexibility index (Phi) is 6.99. The normalized spacial score (nSPS) is 11.6. The molecule has 0 bridgehead atoms. The topological polar surface area (TPSA) is 81.2 Å². The Morgan fingerprint density at radius 1 is 0.919 bits per heavy atom. The highest BCUT2D eigenvalue weighted by molar-refractivity contribution is 8.03. The van der Waals surface area contributed by atoms with Gasteiger partial charge in [-0.15, -0.1) is 10.2 Å². The van der Waals surface area contributed by atoms with Crippen molar-refractivity contribution in [1.29, 1.82) is 0 Å². The lowest BCUT2D eigenvalue weighted by atomic mass is 10.1. The van der Waals surface area contributed by atoms with Crippen LogP contribution in [-0.2, 0) is 4.79 Å². The predicted molar refractivity (Wildman–Crippen MR) is 147 cm³/mol. The molecule has 0 amide bonds. The molecule has 2 aromatic heterocycles. The van der Waals surface area contributed by atoms with Crippen LogP contribution in [0.4, 0.5) is 0 Å². The van der Waals surface area contributed by atoms with Crippen molar-refractivity contribution >= 4 is 35.4 Å². The van der Waals surface area contributed by atoms with Gasteiger partial charge in [-0.2, -0.15) is 0 Å². The number of aliphatic carboxylic acids is 1. The molecule has 8 heteroatoms. The van der Waals surface area contributed by atoms with Crippen LogP contribution in [0.3, 0.4) is 0 Å². The molecule has 0 radical (unpaired) electrons. The molecular formula is C29H22ClN3O3S. The molecular weight excluding hydrogens is 506 g/mol. The van der Waals surface area contributed by atoms with E-state index in [9.17, 15) is 9.90 Å². The molecule has 0 saturated carbocycles. The summed E-state index contributed by atoms with van der Waals surface area (Å²) in [5.74, 6) is -0.783. The molecule has 6 nitrogen and oxygen atoms in total. The first-order valence-corrected chi connectivity index (χ1v) is 12.7. The average molecular weight is 528 g/mol. The lowest BCUT2D eigenvalue weighted by Crippen LogP contribution is -2.00.